The van der Waals surface area contributed by atoms with Crippen LogP contribution in [0.1, 0.15) is 35.5 Å². The first-order valence-electron chi connectivity index (χ1n) is 10.8. The summed E-state index contributed by atoms with van der Waals surface area (Å²) < 4.78 is 7.78. The molecule has 0 fully saturated rings. The number of imidazole rings is 1. The molecule has 4 rings (SSSR count). The van der Waals surface area contributed by atoms with E-state index in [-0.39, 0.29) is 17.7 Å². The van der Waals surface area contributed by atoms with Crippen molar-refractivity contribution in [2.75, 3.05) is 5.32 Å². The molecule has 0 aliphatic carbocycles. The Labute approximate surface area is 192 Å². The van der Waals surface area contributed by atoms with Crippen molar-refractivity contribution in [3.05, 3.63) is 95.9 Å². The van der Waals surface area contributed by atoms with Crippen LogP contribution in [0.25, 0.3) is 5.65 Å². The molecule has 4 aromatic rings. The Morgan fingerprint density at radius 3 is 2.61 bits per heavy atom. The molecule has 2 N–H and O–H groups in total. The van der Waals surface area contributed by atoms with Gasteiger partial charge in [0.25, 0.3) is 5.91 Å². The molecule has 7 nitrogen and oxygen atoms in total. The fraction of sp³-hybridized carbons (Fsp3) is 0.192. The van der Waals surface area contributed by atoms with Gasteiger partial charge < -0.3 is 19.8 Å². The summed E-state index contributed by atoms with van der Waals surface area (Å²) in [5, 5.41) is 5.77. The fourth-order valence-corrected chi connectivity index (χ4v) is 3.22. The van der Waals surface area contributed by atoms with E-state index < -0.39 is 0 Å². The van der Waals surface area contributed by atoms with Crippen molar-refractivity contribution in [1.29, 1.82) is 0 Å². The average molecular weight is 443 g/mol. The van der Waals surface area contributed by atoms with E-state index in [9.17, 15) is 9.59 Å². The Hall–Kier alpha value is -4.13. The lowest BCUT2D eigenvalue weighted by Gasteiger charge is -2.10. The van der Waals surface area contributed by atoms with Gasteiger partial charge in [0, 0.05) is 36.1 Å². The molecule has 2 amide bonds. The second kappa shape index (κ2) is 9.99. The largest absolute Gasteiger partial charge is 0.487 e. The van der Waals surface area contributed by atoms with Crippen molar-refractivity contribution >= 4 is 23.1 Å². The third kappa shape index (κ3) is 5.77. The third-order valence-electron chi connectivity index (χ3n) is 5.10. The molecule has 0 spiro atoms. The quantitative estimate of drug-likeness (QED) is 0.423. The fourth-order valence-electron chi connectivity index (χ4n) is 3.22. The van der Waals surface area contributed by atoms with Gasteiger partial charge in [0.2, 0.25) is 5.91 Å². The van der Waals surface area contributed by atoms with Gasteiger partial charge >= 0.3 is 0 Å². The van der Waals surface area contributed by atoms with E-state index in [0.29, 0.717) is 24.5 Å². The van der Waals surface area contributed by atoms with Gasteiger partial charge in [-0.25, -0.2) is 4.98 Å². The van der Waals surface area contributed by atoms with Crippen molar-refractivity contribution in [2.45, 2.75) is 27.0 Å². The minimum atomic E-state index is -0.189. The topological polar surface area (TPSA) is 84.7 Å². The van der Waals surface area contributed by atoms with Crippen LogP contribution in [0.2, 0.25) is 0 Å². The molecule has 2 heterocycles. The molecule has 0 bridgehead atoms. The lowest BCUT2D eigenvalue weighted by molar-refractivity contribution is -0.118. The van der Waals surface area contributed by atoms with Crippen LogP contribution in [0, 0.1) is 5.92 Å². The second-order valence-electron chi connectivity index (χ2n) is 8.04. The Morgan fingerprint density at radius 1 is 1.03 bits per heavy atom. The van der Waals surface area contributed by atoms with Crippen LogP contribution in [0.15, 0.2) is 79.1 Å². The normalized spacial score (nSPS) is 10.9. The number of benzene rings is 2. The summed E-state index contributed by atoms with van der Waals surface area (Å²) in [4.78, 5) is 28.9. The van der Waals surface area contributed by atoms with Crippen LogP contribution in [-0.4, -0.2) is 21.2 Å². The van der Waals surface area contributed by atoms with E-state index in [1.54, 1.807) is 18.2 Å². The van der Waals surface area contributed by atoms with Crippen molar-refractivity contribution in [3.63, 3.8) is 0 Å². The number of rotatable bonds is 8. The number of carbonyl (C=O) groups excluding carboxylic acids is 2. The molecule has 168 valence electrons. The summed E-state index contributed by atoms with van der Waals surface area (Å²) in [5.74, 6) is 0.304. The lowest BCUT2D eigenvalue weighted by atomic mass is 10.1. The molecular formula is C26H26N4O3. The molecule has 0 unspecified atom stereocenters. The van der Waals surface area contributed by atoms with Crippen molar-refractivity contribution in [3.8, 4) is 5.75 Å². The van der Waals surface area contributed by atoms with Crippen molar-refractivity contribution < 1.29 is 14.3 Å². The summed E-state index contributed by atoms with van der Waals surface area (Å²) in [6.07, 6.45) is 3.86. The molecule has 2 aromatic carbocycles. The number of ether oxygens (including phenoxy) is 1. The maximum atomic E-state index is 12.6. The first-order chi connectivity index (χ1) is 16.0. The molecule has 33 heavy (non-hydrogen) atoms. The van der Waals surface area contributed by atoms with Gasteiger partial charge in [0.1, 0.15) is 18.0 Å². The molecule has 0 saturated heterocycles. The van der Waals surface area contributed by atoms with Crippen LogP contribution in [0.4, 0.5) is 5.69 Å². The maximum absolute atomic E-state index is 12.6. The maximum Gasteiger partial charge on any atom is 0.251 e. The van der Waals surface area contributed by atoms with E-state index in [1.165, 1.54) is 0 Å². The number of carbonyl (C=O) groups is 2. The zero-order chi connectivity index (χ0) is 23.2. The van der Waals surface area contributed by atoms with E-state index in [1.807, 2.05) is 79.2 Å². The summed E-state index contributed by atoms with van der Waals surface area (Å²) in [7, 11) is 0. The number of hydrogen-bond donors (Lipinski definition) is 2. The van der Waals surface area contributed by atoms with Gasteiger partial charge in [-0.1, -0.05) is 38.1 Å². The highest BCUT2D eigenvalue weighted by Gasteiger charge is 2.09. The van der Waals surface area contributed by atoms with Gasteiger partial charge in [-0.05, 0) is 48.0 Å². The zero-order valence-electron chi connectivity index (χ0n) is 18.6. The monoisotopic (exact) mass is 442 g/mol. The minimum absolute atomic E-state index is 0.0284. The SMILES string of the molecule is CC(C)C(=O)Nc1ccc(CNC(=O)c2cccc(OCc3cn4ccccc4n3)c2)cc1. The van der Waals surface area contributed by atoms with Crippen LogP contribution in [-0.2, 0) is 17.9 Å². The molecule has 2 aromatic heterocycles. The predicted molar refractivity (Wildman–Crippen MR) is 127 cm³/mol. The number of hydrogen-bond acceptors (Lipinski definition) is 4. The van der Waals surface area contributed by atoms with Crippen LogP contribution in [0.3, 0.4) is 0 Å². The Balaban J connectivity index is 1.31. The van der Waals surface area contributed by atoms with Crippen LogP contribution in [0.5, 0.6) is 5.75 Å². The highest BCUT2D eigenvalue weighted by Crippen LogP contribution is 2.16. The Bertz CT molecular complexity index is 1230. The molecule has 0 radical (unpaired) electrons. The smallest absolute Gasteiger partial charge is 0.251 e. The Kier molecular flexibility index (Phi) is 6.69. The zero-order valence-corrected chi connectivity index (χ0v) is 18.6. The molecular weight excluding hydrogens is 416 g/mol. The summed E-state index contributed by atoms with van der Waals surface area (Å²) >= 11 is 0. The number of pyridine rings is 1. The highest BCUT2D eigenvalue weighted by molar-refractivity contribution is 5.94. The van der Waals surface area contributed by atoms with Crippen molar-refractivity contribution in [1.82, 2.24) is 14.7 Å². The molecule has 0 aliphatic heterocycles. The minimum Gasteiger partial charge on any atom is -0.487 e. The standard InChI is InChI=1S/C26H26N4O3/c1-18(2)25(31)29-21-11-9-19(10-12-21)15-27-26(32)20-6-5-7-23(14-20)33-17-22-16-30-13-4-3-8-24(30)28-22/h3-14,16,18H,15,17H2,1-2H3,(H,27,32)(H,29,31). The Morgan fingerprint density at radius 2 is 1.85 bits per heavy atom. The highest BCUT2D eigenvalue weighted by atomic mass is 16.5. The molecule has 0 saturated carbocycles. The number of nitrogens with one attached hydrogen (secondary N) is 2. The van der Waals surface area contributed by atoms with Gasteiger partial charge in [0.05, 0.1) is 5.69 Å². The van der Waals surface area contributed by atoms with E-state index in [0.717, 1.165) is 22.6 Å². The lowest BCUT2D eigenvalue weighted by Crippen LogP contribution is -2.22. The van der Waals surface area contributed by atoms with E-state index in [2.05, 4.69) is 15.6 Å². The number of nitrogens with zero attached hydrogens (tertiary/aromatic N) is 2. The average Bonchev–Trinajstić information content (AvgIpc) is 3.25. The number of aromatic nitrogens is 2. The predicted octanol–water partition coefficient (Wildman–Crippen LogP) is 4.44. The van der Waals surface area contributed by atoms with Gasteiger partial charge in [0.15, 0.2) is 0 Å². The summed E-state index contributed by atoms with van der Waals surface area (Å²) in [6, 6.07) is 20.3. The molecule has 7 heteroatoms. The summed E-state index contributed by atoms with van der Waals surface area (Å²) in [5.41, 5.74) is 3.86. The van der Waals surface area contributed by atoms with Gasteiger partial charge in [-0.15, -0.1) is 0 Å². The number of amides is 2. The van der Waals surface area contributed by atoms with Gasteiger partial charge in [-0.3, -0.25) is 9.59 Å². The number of fused-ring (bicyclic) bond motifs is 1. The molecule has 0 aliphatic rings. The molecule has 0 atom stereocenters. The van der Waals surface area contributed by atoms with Crippen LogP contribution < -0.4 is 15.4 Å². The first-order valence-corrected chi connectivity index (χ1v) is 10.8. The van der Waals surface area contributed by atoms with E-state index in [4.69, 9.17) is 4.74 Å². The third-order valence-corrected chi connectivity index (χ3v) is 5.10. The number of anilines is 1. The first kappa shape index (κ1) is 22.1. The van der Waals surface area contributed by atoms with Crippen LogP contribution >= 0.6 is 0 Å². The van der Waals surface area contributed by atoms with Crippen molar-refractivity contribution in [2.24, 2.45) is 5.92 Å². The second-order valence-corrected chi connectivity index (χ2v) is 8.04. The van der Waals surface area contributed by atoms with E-state index >= 15 is 0 Å². The summed E-state index contributed by atoms with van der Waals surface area (Å²) in [6.45, 7) is 4.38. The van der Waals surface area contributed by atoms with Gasteiger partial charge in [-0.2, -0.15) is 0 Å².